The number of anilines is 1. The van der Waals surface area contributed by atoms with Crippen LogP contribution < -0.4 is 5.32 Å². The van der Waals surface area contributed by atoms with Gasteiger partial charge in [-0.15, -0.1) is 0 Å². The van der Waals surface area contributed by atoms with Gasteiger partial charge in [-0.3, -0.25) is 4.79 Å². The number of aromatic nitrogens is 4. The lowest BCUT2D eigenvalue weighted by Crippen LogP contribution is -2.15. The Kier molecular flexibility index (Phi) is 5.54. The van der Waals surface area contributed by atoms with E-state index in [4.69, 9.17) is 0 Å². The van der Waals surface area contributed by atoms with E-state index in [1.54, 1.807) is 23.0 Å². The second kappa shape index (κ2) is 8.03. The second-order valence-corrected chi connectivity index (χ2v) is 6.95. The van der Waals surface area contributed by atoms with Gasteiger partial charge in [0.1, 0.15) is 5.82 Å². The van der Waals surface area contributed by atoms with Crippen LogP contribution in [-0.4, -0.2) is 25.5 Å². The van der Waals surface area contributed by atoms with Crippen LogP contribution in [0.15, 0.2) is 48.7 Å². The van der Waals surface area contributed by atoms with E-state index in [0.717, 1.165) is 29.2 Å². The molecule has 0 unspecified atom stereocenters. The summed E-state index contributed by atoms with van der Waals surface area (Å²) in [5.41, 5.74) is 3.82. The van der Waals surface area contributed by atoms with E-state index in [2.05, 4.69) is 29.4 Å². The van der Waals surface area contributed by atoms with E-state index in [9.17, 15) is 4.79 Å². The van der Waals surface area contributed by atoms with Gasteiger partial charge in [0, 0.05) is 29.9 Å². The Bertz CT molecular complexity index is 950. The summed E-state index contributed by atoms with van der Waals surface area (Å²) in [5, 5.41) is 11.7. The van der Waals surface area contributed by atoms with Gasteiger partial charge >= 0.3 is 0 Å². The minimum Gasteiger partial charge on any atom is -0.307 e. The number of hydrogen-bond acceptors (Lipinski definition) is 3. The Balaban J connectivity index is 1.76. The van der Waals surface area contributed by atoms with Crippen molar-refractivity contribution in [2.75, 3.05) is 5.32 Å². The van der Waals surface area contributed by atoms with Gasteiger partial charge < -0.3 is 5.32 Å². The maximum absolute atomic E-state index is 12.4. The van der Waals surface area contributed by atoms with Crippen molar-refractivity contribution < 1.29 is 4.79 Å². The first-order valence-corrected chi connectivity index (χ1v) is 9.08. The van der Waals surface area contributed by atoms with E-state index < -0.39 is 0 Å². The number of aryl methyl sites for hydroxylation is 1. The first-order valence-electron chi connectivity index (χ1n) is 9.08. The number of carbonyl (C=O) groups is 1. The summed E-state index contributed by atoms with van der Waals surface area (Å²) >= 11 is 0. The molecule has 140 valence electrons. The highest BCUT2D eigenvalue weighted by atomic mass is 16.1. The molecule has 0 aliphatic rings. The lowest BCUT2D eigenvalue weighted by molar-refractivity contribution is -0.111. The van der Waals surface area contributed by atoms with E-state index in [1.165, 1.54) is 0 Å². The topological polar surface area (TPSA) is 64.7 Å². The minimum atomic E-state index is -0.188. The lowest BCUT2D eigenvalue weighted by atomic mass is 10.2. The van der Waals surface area contributed by atoms with Gasteiger partial charge in [-0.1, -0.05) is 32.0 Å². The number of rotatable bonds is 6. The molecule has 6 nitrogen and oxygen atoms in total. The van der Waals surface area contributed by atoms with Crippen LogP contribution in [0.3, 0.4) is 0 Å². The van der Waals surface area contributed by atoms with E-state index >= 15 is 0 Å². The standard InChI is InChI=1S/C21H25N5O/c1-15(2)14-25-20(12-13-22-25)23-21(27)11-10-19-16(3)24-26(17(19)4)18-8-6-5-7-9-18/h5-13,15H,14H2,1-4H3,(H,23,27)/b11-10+. The van der Waals surface area contributed by atoms with Gasteiger partial charge in [0.05, 0.1) is 17.6 Å². The number of nitrogens with zero attached hydrogens (tertiary/aromatic N) is 4. The minimum absolute atomic E-state index is 0.188. The fraction of sp³-hybridized carbons (Fsp3) is 0.286. The highest BCUT2D eigenvalue weighted by Gasteiger charge is 2.11. The van der Waals surface area contributed by atoms with Crippen LogP contribution in [0.2, 0.25) is 0 Å². The molecule has 0 radical (unpaired) electrons. The van der Waals surface area contributed by atoms with Crippen molar-refractivity contribution in [3.05, 3.63) is 65.6 Å². The Hall–Kier alpha value is -3.15. The normalized spacial score (nSPS) is 11.4. The zero-order valence-electron chi connectivity index (χ0n) is 16.2. The Morgan fingerprint density at radius 1 is 1.19 bits per heavy atom. The first kappa shape index (κ1) is 18.6. The molecule has 0 atom stereocenters. The average Bonchev–Trinajstić information content (AvgIpc) is 3.17. The molecule has 0 aliphatic heterocycles. The van der Waals surface area contributed by atoms with Crippen molar-refractivity contribution in [3.63, 3.8) is 0 Å². The molecule has 2 aromatic heterocycles. The second-order valence-electron chi connectivity index (χ2n) is 6.95. The van der Waals surface area contributed by atoms with Crippen LogP contribution in [0, 0.1) is 19.8 Å². The molecule has 6 heteroatoms. The van der Waals surface area contributed by atoms with Crippen LogP contribution in [0.5, 0.6) is 0 Å². The third kappa shape index (κ3) is 4.34. The summed E-state index contributed by atoms with van der Waals surface area (Å²) < 4.78 is 3.70. The number of nitrogens with one attached hydrogen (secondary N) is 1. The zero-order valence-corrected chi connectivity index (χ0v) is 16.2. The van der Waals surface area contributed by atoms with Crippen molar-refractivity contribution in [1.29, 1.82) is 0 Å². The molecule has 0 aliphatic carbocycles. The number of carbonyl (C=O) groups excluding carboxylic acids is 1. The van der Waals surface area contributed by atoms with Crippen LogP contribution in [0.4, 0.5) is 5.82 Å². The van der Waals surface area contributed by atoms with Gasteiger partial charge in [0.25, 0.3) is 0 Å². The van der Waals surface area contributed by atoms with Crippen LogP contribution in [0.25, 0.3) is 11.8 Å². The molecule has 2 heterocycles. The number of hydrogen-bond donors (Lipinski definition) is 1. The highest BCUT2D eigenvalue weighted by Crippen LogP contribution is 2.19. The van der Waals surface area contributed by atoms with Crippen molar-refractivity contribution in [3.8, 4) is 5.69 Å². The molecular weight excluding hydrogens is 338 g/mol. The fourth-order valence-corrected chi connectivity index (χ4v) is 2.97. The third-order valence-corrected chi connectivity index (χ3v) is 4.26. The Labute approximate surface area is 159 Å². The number of benzene rings is 1. The average molecular weight is 363 g/mol. The molecule has 3 aromatic rings. The van der Waals surface area contributed by atoms with Crippen molar-refractivity contribution >= 4 is 17.8 Å². The predicted molar refractivity (Wildman–Crippen MR) is 108 cm³/mol. The SMILES string of the molecule is Cc1nn(-c2ccccc2)c(C)c1/C=C/C(=O)Nc1ccnn1CC(C)C. The molecule has 0 bridgehead atoms. The number of para-hydroxylation sites is 1. The van der Waals surface area contributed by atoms with E-state index in [1.807, 2.05) is 54.9 Å². The quantitative estimate of drug-likeness (QED) is 0.674. The Morgan fingerprint density at radius 2 is 1.93 bits per heavy atom. The summed E-state index contributed by atoms with van der Waals surface area (Å²) in [6.45, 7) is 8.94. The molecule has 1 amide bonds. The van der Waals surface area contributed by atoms with E-state index in [0.29, 0.717) is 11.7 Å². The molecule has 1 N–H and O–H groups in total. The van der Waals surface area contributed by atoms with Gasteiger partial charge in [-0.25, -0.2) is 9.36 Å². The van der Waals surface area contributed by atoms with Gasteiger partial charge in [0.15, 0.2) is 0 Å². The molecular formula is C21H25N5O. The summed E-state index contributed by atoms with van der Waals surface area (Å²) in [4.78, 5) is 12.4. The maximum Gasteiger partial charge on any atom is 0.249 e. The maximum atomic E-state index is 12.4. The monoisotopic (exact) mass is 363 g/mol. The third-order valence-electron chi connectivity index (χ3n) is 4.26. The molecule has 3 rings (SSSR count). The van der Waals surface area contributed by atoms with Crippen molar-refractivity contribution in [2.45, 2.75) is 34.2 Å². The number of amides is 1. The fourth-order valence-electron chi connectivity index (χ4n) is 2.97. The molecule has 0 saturated heterocycles. The smallest absolute Gasteiger partial charge is 0.249 e. The molecule has 0 fully saturated rings. The largest absolute Gasteiger partial charge is 0.307 e. The van der Waals surface area contributed by atoms with Gasteiger partial charge in [-0.05, 0) is 38.0 Å². The summed E-state index contributed by atoms with van der Waals surface area (Å²) in [7, 11) is 0. The summed E-state index contributed by atoms with van der Waals surface area (Å²) in [5.74, 6) is 0.962. The molecule has 27 heavy (non-hydrogen) atoms. The van der Waals surface area contributed by atoms with Gasteiger partial charge in [-0.2, -0.15) is 10.2 Å². The van der Waals surface area contributed by atoms with E-state index in [-0.39, 0.29) is 5.91 Å². The zero-order chi connectivity index (χ0) is 19.4. The highest BCUT2D eigenvalue weighted by molar-refractivity contribution is 6.01. The first-order chi connectivity index (χ1) is 13.0. The summed E-state index contributed by atoms with van der Waals surface area (Å²) in [6, 6.07) is 11.8. The van der Waals surface area contributed by atoms with Gasteiger partial charge in [0.2, 0.25) is 5.91 Å². The van der Waals surface area contributed by atoms with Crippen molar-refractivity contribution in [1.82, 2.24) is 19.6 Å². The van der Waals surface area contributed by atoms with Crippen LogP contribution in [0.1, 0.15) is 30.8 Å². The molecule has 1 aromatic carbocycles. The van der Waals surface area contributed by atoms with Crippen molar-refractivity contribution in [2.24, 2.45) is 5.92 Å². The summed E-state index contributed by atoms with van der Waals surface area (Å²) in [6.07, 6.45) is 5.05. The Morgan fingerprint density at radius 3 is 2.63 bits per heavy atom. The predicted octanol–water partition coefficient (Wildman–Crippen LogP) is 3.99. The molecule has 0 spiro atoms. The van der Waals surface area contributed by atoms with Crippen LogP contribution in [-0.2, 0) is 11.3 Å². The molecule has 0 saturated carbocycles. The van der Waals surface area contributed by atoms with Crippen LogP contribution >= 0.6 is 0 Å². The lowest BCUT2D eigenvalue weighted by Gasteiger charge is -2.09.